The van der Waals surface area contributed by atoms with Gasteiger partial charge in [0.1, 0.15) is 5.75 Å². The molecule has 1 aromatic heterocycles. The van der Waals surface area contributed by atoms with Gasteiger partial charge in [-0.2, -0.15) is 0 Å². The van der Waals surface area contributed by atoms with Gasteiger partial charge < -0.3 is 15.4 Å². The van der Waals surface area contributed by atoms with Crippen molar-refractivity contribution in [2.24, 2.45) is 5.73 Å². The van der Waals surface area contributed by atoms with Crippen LogP contribution in [0.15, 0.2) is 12.1 Å². The van der Waals surface area contributed by atoms with Gasteiger partial charge in [-0.1, -0.05) is 0 Å². The highest BCUT2D eigenvalue weighted by molar-refractivity contribution is 5.77. The van der Waals surface area contributed by atoms with Crippen LogP contribution in [0.3, 0.4) is 0 Å². The van der Waals surface area contributed by atoms with Crippen LogP contribution in [-0.4, -0.2) is 41.5 Å². The summed E-state index contributed by atoms with van der Waals surface area (Å²) < 4.78 is 5.62. The Bertz CT molecular complexity index is 458. The maximum absolute atomic E-state index is 11.9. The number of nitrogens with two attached hydrogens (primary N) is 1. The summed E-state index contributed by atoms with van der Waals surface area (Å²) >= 11 is 0. The molecule has 0 aliphatic heterocycles. The van der Waals surface area contributed by atoms with Gasteiger partial charge in [0, 0.05) is 31.2 Å². The van der Waals surface area contributed by atoms with E-state index in [1.807, 2.05) is 39.8 Å². The Morgan fingerprint density at radius 2 is 2.05 bits per heavy atom. The number of aryl methyl sites for hydroxylation is 1. The summed E-state index contributed by atoms with van der Waals surface area (Å²) in [6, 6.07) is 3.88. The standard InChI is InChI=1S/C15H25N3O2/c1-10(2)18(5)15(19)9-20-14-7-6-12(4)17-13(14)8-11(3)16/h6-7,10-11H,8-9,16H2,1-5H3. The number of amides is 1. The molecular formula is C15H25N3O2. The molecule has 1 unspecified atom stereocenters. The molecule has 0 aromatic carbocycles. The van der Waals surface area contributed by atoms with Crippen molar-refractivity contribution in [2.75, 3.05) is 13.7 Å². The average molecular weight is 279 g/mol. The molecule has 0 radical (unpaired) electrons. The molecule has 1 heterocycles. The molecule has 0 aliphatic rings. The van der Waals surface area contributed by atoms with Crippen LogP contribution in [0.25, 0.3) is 0 Å². The van der Waals surface area contributed by atoms with Crippen molar-refractivity contribution in [2.45, 2.75) is 46.2 Å². The largest absolute Gasteiger partial charge is 0.482 e. The molecule has 0 saturated carbocycles. The van der Waals surface area contributed by atoms with Crippen molar-refractivity contribution in [3.05, 3.63) is 23.5 Å². The Morgan fingerprint density at radius 3 is 2.60 bits per heavy atom. The van der Waals surface area contributed by atoms with Gasteiger partial charge in [0.25, 0.3) is 5.91 Å². The van der Waals surface area contributed by atoms with Crippen LogP contribution in [0.5, 0.6) is 5.75 Å². The van der Waals surface area contributed by atoms with Crippen molar-refractivity contribution in [1.82, 2.24) is 9.88 Å². The number of pyridine rings is 1. The van der Waals surface area contributed by atoms with Crippen molar-refractivity contribution in [3.63, 3.8) is 0 Å². The lowest BCUT2D eigenvalue weighted by Crippen LogP contribution is -2.36. The Balaban J connectivity index is 2.74. The van der Waals surface area contributed by atoms with E-state index in [1.165, 1.54) is 0 Å². The summed E-state index contributed by atoms with van der Waals surface area (Å²) in [7, 11) is 1.77. The molecule has 5 nitrogen and oxygen atoms in total. The highest BCUT2D eigenvalue weighted by Crippen LogP contribution is 2.18. The van der Waals surface area contributed by atoms with Crippen molar-refractivity contribution >= 4 is 5.91 Å². The van der Waals surface area contributed by atoms with E-state index in [0.717, 1.165) is 11.4 Å². The molecule has 1 atom stereocenters. The van der Waals surface area contributed by atoms with Gasteiger partial charge in [0.15, 0.2) is 6.61 Å². The van der Waals surface area contributed by atoms with E-state index in [2.05, 4.69) is 4.98 Å². The third-order valence-corrected chi connectivity index (χ3v) is 3.11. The van der Waals surface area contributed by atoms with Crippen molar-refractivity contribution < 1.29 is 9.53 Å². The quantitative estimate of drug-likeness (QED) is 0.857. The number of carbonyl (C=O) groups is 1. The molecule has 112 valence electrons. The number of likely N-dealkylation sites (N-methyl/N-ethyl adjacent to an activating group) is 1. The molecule has 0 bridgehead atoms. The lowest BCUT2D eigenvalue weighted by Gasteiger charge is -2.22. The van der Waals surface area contributed by atoms with E-state index in [1.54, 1.807) is 11.9 Å². The van der Waals surface area contributed by atoms with E-state index >= 15 is 0 Å². The molecule has 0 aliphatic carbocycles. The maximum atomic E-state index is 11.9. The SMILES string of the molecule is Cc1ccc(OCC(=O)N(C)C(C)C)c(CC(C)N)n1. The molecule has 1 rings (SSSR count). The lowest BCUT2D eigenvalue weighted by molar-refractivity contribution is -0.133. The van der Waals surface area contributed by atoms with Crippen LogP contribution < -0.4 is 10.5 Å². The first kappa shape index (κ1) is 16.4. The molecule has 1 aromatic rings. The zero-order chi connectivity index (χ0) is 15.3. The van der Waals surface area contributed by atoms with Crippen LogP contribution in [-0.2, 0) is 11.2 Å². The van der Waals surface area contributed by atoms with E-state index < -0.39 is 0 Å². The molecule has 20 heavy (non-hydrogen) atoms. The zero-order valence-electron chi connectivity index (χ0n) is 13.0. The smallest absolute Gasteiger partial charge is 0.260 e. The highest BCUT2D eigenvalue weighted by Gasteiger charge is 2.14. The zero-order valence-corrected chi connectivity index (χ0v) is 13.0. The van der Waals surface area contributed by atoms with Crippen LogP contribution in [0.2, 0.25) is 0 Å². The van der Waals surface area contributed by atoms with E-state index in [4.69, 9.17) is 10.5 Å². The molecule has 0 fully saturated rings. The Kier molecular flexibility index (Phi) is 5.95. The Labute approximate surface area is 121 Å². The van der Waals surface area contributed by atoms with Crippen LogP contribution in [0, 0.1) is 6.92 Å². The second kappa shape index (κ2) is 7.24. The van der Waals surface area contributed by atoms with Gasteiger partial charge in [-0.05, 0) is 39.8 Å². The topological polar surface area (TPSA) is 68.5 Å². The number of ether oxygens (including phenoxy) is 1. The Hall–Kier alpha value is -1.62. The molecule has 5 heteroatoms. The second-order valence-electron chi connectivity index (χ2n) is 5.47. The van der Waals surface area contributed by atoms with Gasteiger partial charge in [0.05, 0.1) is 5.69 Å². The number of hydrogen-bond acceptors (Lipinski definition) is 4. The predicted octanol–water partition coefficient (Wildman–Crippen LogP) is 1.53. The van der Waals surface area contributed by atoms with Gasteiger partial charge in [-0.15, -0.1) is 0 Å². The fourth-order valence-corrected chi connectivity index (χ4v) is 1.71. The van der Waals surface area contributed by atoms with Gasteiger partial charge in [0.2, 0.25) is 0 Å². The minimum Gasteiger partial charge on any atom is -0.482 e. The van der Waals surface area contributed by atoms with E-state index in [0.29, 0.717) is 12.2 Å². The summed E-state index contributed by atoms with van der Waals surface area (Å²) in [4.78, 5) is 18.0. The second-order valence-corrected chi connectivity index (χ2v) is 5.47. The summed E-state index contributed by atoms with van der Waals surface area (Å²) in [6.45, 7) is 7.79. The normalized spacial score (nSPS) is 12.3. The first-order valence-electron chi connectivity index (χ1n) is 6.91. The minimum absolute atomic E-state index is 0.000638. The van der Waals surface area contributed by atoms with Crippen LogP contribution >= 0.6 is 0 Å². The molecule has 0 spiro atoms. The van der Waals surface area contributed by atoms with E-state index in [9.17, 15) is 4.79 Å². The summed E-state index contributed by atoms with van der Waals surface area (Å²) in [5.74, 6) is 0.589. The van der Waals surface area contributed by atoms with Gasteiger partial charge in [-0.25, -0.2) is 0 Å². The lowest BCUT2D eigenvalue weighted by atomic mass is 10.1. The molecule has 0 saturated heterocycles. The minimum atomic E-state index is -0.0488. The van der Waals surface area contributed by atoms with E-state index in [-0.39, 0.29) is 24.6 Å². The first-order valence-corrected chi connectivity index (χ1v) is 6.91. The van der Waals surface area contributed by atoms with Crippen LogP contribution in [0.1, 0.15) is 32.2 Å². The number of carbonyl (C=O) groups excluding carboxylic acids is 1. The van der Waals surface area contributed by atoms with Crippen molar-refractivity contribution in [1.29, 1.82) is 0 Å². The fraction of sp³-hybridized carbons (Fsp3) is 0.600. The fourth-order valence-electron chi connectivity index (χ4n) is 1.71. The molecular weight excluding hydrogens is 254 g/mol. The van der Waals surface area contributed by atoms with Gasteiger partial charge >= 0.3 is 0 Å². The predicted molar refractivity (Wildman–Crippen MR) is 79.7 cm³/mol. The monoisotopic (exact) mass is 279 g/mol. The number of hydrogen-bond donors (Lipinski definition) is 1. The third-order valence-electron chi connectivity index (χ3n) is 3.11. The molecule has 2 N–H and O–H groups in total. The molecule has 1 amide bonds. The third kappa shape index (κ3) is 4.81. The first-order chi connectivity index (χ1) is 9.31. The summed E-state index contributed by atoms with van der Waals surface area (Å²) in [5, 5.41) is 0. The number of aromatic nitrogens is 1. The number of rotatable bonds is 6. The summed E-state index contributed by atoms with van der Waals surface area (Å²) in [6.07, 6.45) is 0.630. The highest BCUT2D eigenvalue weighted by atomic mass is 16.5. The maximum Gasteiger partial charge on any atom is 0.260 e. The van der Waals surface area contributed by atoms with Gasteiger partial charge in [-0.3, -0.25) is 9.78 Å². The average Bonchev–Trinajstić information content (AvgIpc) is 2.35. The van der Waals surface area contributed by atoms with Crippen molar-refractivity contribution in [3.8, 4) is 5.75 Å². The Morgan fingerprint density at radius 1 is 1.40 bits per heavy atom. The van der Waals surface area contributed by atoms with Crippen LogP contribution in [0.4, 0.5) is 0 Å². The number of nitrogens with zero attached hydrogens (tertiary/aromatic N) is 2. The summed E-state index contributed by atoms with van der Waals surface area (Å²) in [5.41, 5.74) is 7.54.